The smallest absolute Gasteiger partial charge is 0.258 e. The van der Waals surface area contributed by atoms with Crippen molar-refractivity contribution in [3.05, 3.63) is 74.5 Å². The Morgan fingerprint density at radius 3 is 2.63 bits per heavy atom. The fourth-order valence-corrected chi connectivity index (χ4v) is 4.31. The molecule has 1 aromatic carbocycles. The predicted octanol–water partition coefficient (Wildman–Crippen LogP) is 3.68. The molecule has 0 spiro atoms. The Morgan fingerprint density at radius 2 is 2.03 bits per heavy atom. The minimum absolute atomic E-state index is 0.0313. The van der Waals surface area contributed by atoms with E-state index in [1.54, 1.807) is 4.57 Å². The van der Waals surface area contributed by atoms with Crippen LogP contribution in [0.3, 0.4) is 0 Å². The number of allylic oxidation sites excluding steroid dienone is 1. The summed E-state index contributed by atoms with van der Waals surface area (Å²) >= 11 is 0. The lowest BCUT2D eigenvalue weighted by Gasteiger charge is -2.28. The normalized spacial score (nSPS) is 20.8. The van der Waals surface area contributed by atoms with E-state index in [2.05, 4.69) is 19.9 Å². The van der Waals surface area contributed by atoms with Crippen molar-refractivity contribution in [3.8, 4) is 11.8 Å². The highest BCUT2D eigenvalue weighted by atomic mass is 16.5. The molecule has 30 heavy (non-hydrogen) atoms. The van der Waals surface area contributed by atoms with Crippen LogP contribution in [0.4, 0.5) is 0 Å². The standard InChI is InChI=1S/C24H27N3O3/c1-14(2)16-6-8-17(9-7-16)21-19(12-25)23(26)30-20-11-15(3)27(24(28)22(20)21)13-18-5-4-10-29-18/h6-9,11,14,18,21H,4-5,10,13,26H2,1-3H3/t18-,21-/m1/s1. The van der Waals surface area contributed by atoms with Gasteiger partial charge in [-0.15, -0.1) is 0 Å². The van der Waals surface area contributed by atoms with Crippen molar-refractivity contribution in [1.82, 2.24) is 4.57 Å². The molecule has 0 bridgehead atoms. The van der Waals surface area contributed by atoms with Gasteiger partial charge >= 0.3 is 0 Å². The van der Waals surface area contributed by atoms with E-state index in [4.69, 9.17) is 15.2 Å². The van der Waals surface area contributed by atoms with E-state index in [1.807, 2.05) is 37.3 Å². The van der Waals surface area contributed by atoms with Gasteiger partial charge in [-0.3, -0.25) is 4.79 Å². The van der Waals surface area contributed by atoms with Crippen LogP contribution in [0.25, 0.3) is 0 Å². The molecule has 0 saturated carbocycles. The van der Waals surface area contributed by atoms with Crippen LogP contribution in [0.1, 0.15) is 60.9 Å². The van der Waals surface area contributed by atoms with E-state index in [0.29, 0.717) is 23.8 Å². The molecule has 0 amide bonds. The van der Waals surface area contributed by atoms with Crippen LogP contribution in [-0.4, -0.2) is 17.3 Å². The van der Waals surface area contributed by atoms with Crippen molar-refractivity contribution in [2.24, 2.45) is 5.73 Å². The number of fused-ring (bicyclic) bond motifs is 1. The quantitative estimate of drug-likeness (QED) is 0.838. The molecule has 2 aliphatic heterocycles. The first-order valence-electron chi connectivity index (χ1n) is 10.4. The van der Waals surface area contributed by atoms with Gasteiger partial charge in [0, 0.05) is 18.4 Å². The lowest BCUT2D eigenvalue weighted by atomic mass is 9.83. The molecule has 6 nitrogen and oxygen atoms in total. The molecule has 2 aliphatic rings. The molecule has 0 aliphatic carbocycles. The molecule has 2 atom stereocenters. The molecule has 0 radical (unpaired) electrons. The summed E-state index contributed by atoms with van der Waals surface area (Å²) in [6, 6.07) is 12.0. The Bertz CT molecular complexity index is 1080. The van der Waals surface area contributed by atoms with E-state index in [1.165, 1.54) is 5.56 Å². The molecule has 156 valence electrons. The third-order valence-corrected chi connectivity index (χ3v) is 6.04. The Labute approximate surface area is 176 Å². The van der Waals surface area contributed by atoms with Crippen molar-refractivity contribution < 1.29 is 9.47 Å². The van der Waals surface area contributed by atoms with Gasteiger partial charge in [0.25, 0.3) is 5.56 Å². The lowest BCUT2D eigenvalue weighted by Crippen LogP contribution is -2.35. The predicted molar refractivity (Wildman–Crippen MR) is 114 cm³/mol. The molecule has 1 saturated heterocycles. The Morgan fingerprint density at radius 1 is 1.30 bits per heavy atom. The van der Waals surface area contributed by atoms with Crippen LogP contribution in [0.15, 0.2) is 46.6 Å². The summed E-state index contributed by atoms with van der Waals surface area (Å²) in [5, 5.41) is 9.81. The van der Waals surface area contributed by atoms with Gasteiger partial charge < -0.3 is 19.8 Å². The van der Waals surface area contributed by atoms with Crippen LogP contribution in [0, 0.1) is 18.3 Å². The van der Waals surface area contributed by atoms with Crippen molar-refractivity contribution in [2.45, 2.75) is 58.1 Å². The average Bonchev–Trinajstić information content (AvgIpc) is 3.23. The number of aromatic nitrogens is 1. The number of ether oxygens (including phenoxy) is 2. The van der Waals surface area contributed by atoms with E-state index in [-0.39, 0.29) is 23.1 Å². The summed E-state index contributed by atoms with van der Waals surface area (Å²) < 4.78 is 13.2. The van der Waals surface area contributed by atoms with Crippen molar-refractivity contribution >= 4 is 0 Å². The number of nitrogens with zero attached hydrogens (tertiary/aromatic N) is 2. The topological polar surface area (TPSA) is 90.3 Å². The number of pyridine rings is 1. The Hall–Kier alpha value is -3.04. The first-order valence-corrected chi connectivity index (χ1v) is 10.4. The number of hydrogen-bond acceptors (Lipinski definition) is 5. The monoisotopic (exact) mass is 405 g/mol. The number of nitriles is 1. The molecule has 0 unspecified atom stereocenters. The number of benzene rings is 1. The second-order valence-corrected chi connectivity index (χ2v) is 8.36. The highest BCUT2D eigenvalue weighted by molar-refractivity contribution is 5.55. The summed E-state index contributed by atoms with van der Waals surface area (Å²) in [6.45, 7) is 7.37. The van der Waals surface area contributed by atoms with E-state index in [0.717, 1.165) is 30.7 Å². The minimum atomic E-state index is -0.552. The molecular formula is C24H27N3O3. The molecule has 1 fully saturated rings. The van der Waals surface area contributed by atoms with Gasteiger partial charge in [-0.1, -0.05) is 38.1 Å². The fraction of sp³-hybridized carbons (Fsp3) is 0.417. The number of rotatable bonds is 4. The highest BCUT2D eigenvalue weighted by Gasteiger charge is 2.34. The van der Waals surface area contributed by atoms with Crippen LogP contribution in [-0.2, 0) is 11.3 Å². The summed E-state index contributed by atoms with van der Waals surface area (Å²) in [7, 11) is 0. The molecule has 1 aromatic heterocycles. The largest absolute Gasteiger partial charge is 0.440 e. The van der Waals surface area contributed by atoms with Crippen molar-refractivity contribution in [2.75, 3.05) is 6.61 Å². The van der Waals surface area contributed by atoms with Gasteiger partial charge in [0.1, 0.15) is 17.4 Å². The maximum atomic E-state index is 13.6. The second-order valence-electron chi connectivity index (χ2n) is 8.36. The summed E-state index contributed by atoms with van der Waals surface area (Å²) in [6.07, 6.45) is 1.98. The maximum Gasteiger partial charge on any atom is 0.258 e. The van der Waals surface area contributed by atoms with Crippen LogP contribution < -0.4 is 16.0 Å². The zero-order chi connectivity index (χ0) is 21.4. The summed E-state index contributed by atoms with van der Waals surface area (Å²) in [5.41, 5.74) is 9.50. The Kier molecular flexibility index (Phi) is 5.40. The SMILES string of the molecule is Cc1cc2c(c(=O)n1C[C@H]1CCCO1)[C@H](c1ccc(C(C)C)cc1)C(C#N)=C(N)O2. The van der Waals surface area contributed by atoms with E-state index >= 15 is 0 Å². The fourth-order valence-electron chi connectivity index (χ4n) is 4.31. The first kappa shape index (κ1) is 20.2. The third kappa shape index (κ3) is 3.50. The van der Waals surface area contributed by atoms with Gasteiger partial charge in [-0.05, 0) is 36.8 Å². The van der Waals surface area contributed by atoms with Gasteiger partial charge in [0.2, 0.25) is 5.88 Å². The average molecular weight is 405 g/mol. The molecule has 2 aromatic rings. The molecule has 2 N–H and O–H groups in total. The summed E-state index contributed by atoms with van der Waals surface area (Å²) in [4.78, 5) is 13.6. The van der Waals surface area contributed by atoms with Gasteiger partial charge in [-0.25, -0.2) is 0 Å². The highest BCUT2D eigenvalue weighted by Crippen LogP contribution is 2.40. The molecular weight excluding hydrogens is 378 g/mol. The molecule has 4 rings (SSSR count). The van der Waals surface area contributed by atoms with Crippen LogP contribution in [0.2, 0.25) is 0 Å². The molecule has 3 heterocycles. The van der Waals surface area contributed by atoms with Gasteiger partial charge in [0.05, 0.1) is 24.1 Å². The number of aryl methyl sites for hydroxylation is 1. The van der Waals surface area contributed by atoms with Crippen molar-refractivity contribution in [1.29, 1.82) is 5.26 Å². The van der Waals surface area contributed by atoms with E-state index in [9.17, 15) is 10.1 Å². The maximum absolute atomic E-state index is 13.6. The first-order chi connectivity index (χ1) is 14.4. The summed E-state index contributed by atoms with van der Waals surface area (Å²) in [5.74, 6) is 0.321. The number of hydrogen-bond donors (Lipinski definition) is 1. The third-order valence-electron chi connectivity index (χ3n) is 6.04. The molecule has 6 heteroatoms. The minimum Gasteiger partial charge on any atom is -0.440 e. The number of nitrogens with two attached hydrogens (primary N) is 1. The zero-order valence-electron chi connectivity index (χ0n) is 17.6. The van der Waals surface area contributed by atoms with Crippen LogP contribution in [0.5, 0.6) is 5.75 Å². The Balaban J connectivity index is 1.86. The van der Waals surface area contributed by atoms with Gasteiger partial charge in [-0.2, -0.15) is 5.26 Å². The van der Waals surface area contributed by atoms with E-state index < -0.39 is 5.92 Å². The zero-order valence-corrected chi connectivity index (χ0v) is 17.6. The van der Waals surface area contributed by atoms with Gasteiger partial charge in [0.15, 0.2) is 0 Å². The van der Waals surface area contributed by atoms with Crippen LogP contribution >= 0.6 is 0 Å². The lowest BCUT2D eigenvalue weighted by molar-refractivity contribution is 0.0955. The van der Waals surface area contributed by atoms with Crippen molar-refractivity contribution in [3.63, 3.8) is 0 Å². The second kappa shape index (κ2) is 8.00.